The van der Waals surface area contributed by atoms with Crippen LogP contribution in [0, 0.1) is 12.8 Å². The van der Waals surface area contributed by atoms with Crippen LogP contribution in [0.1, 0.15) is 54.7 Å². The predicted octanol–water partition coefficient (Wildman–Crippen LogP) is 2.53. The van der Waals surface area contributed by atoms with Crippen molar-refractivity contribution < 1.29 is 13.2 Å². The summed E-state index contributed by atoms with van der Waals surface area (Å²) < 4.78 is 23.1. The van der Waals surface area contributed by atoms with Gasteiger partial charge in [0.05, 0.1) is 34.2 Å². The molecular formula is C15H24N2O3S2. The Morgan fingerprint density at radius 1 is 1.36 bits per heavy atom. The van der Waals surface area contributed by atoms with Gasteiger partial charge in [0.2, 0.25) is 5.91 Å². The van der Waals surface area contributed by atoms with E-state index in [9.17, 15) is 13.2 Å². The molecule has 1 fully saturated rings. The van der Waals surface area contributed by atoms with Gasteiger partial charge in [-0.2, -0.15) is 0 Å². The number of thiazole rings is 1. The van der Waals surface area contributed by atoms with E-state index >= 15 is 0 Å². The monoisotopic (exact) mass is 344 g/mol. The Labute approximate surface area is 136 Å². The van der Waals surface area contributed by atoms with Crippen molar-refractivity contribution in [2.24, 2.45) is 5.92 Å². The van der Waals surface area contributed by atoms with Crippen LogP contribution in [-0.2, 0) is 14.6 Å². The molecule has 124 valence electrons. The number of hydrogen-bond donors (Lipinski definition) is 0. The second-order valence-electron chi connectivity index (χ2n) is 6.38. The largest absolute Gasteiger partial charge is 0.338 e. The Hall–Kier alpha value is -0.950. The molecule has 2 rings (SSSR count). The highest BCUT2D eigenvalue weighted by Crippen LogP contribution is 2.33. The number of hydrogen-bond acceptors (Lipinski definition) is 5. The van der Waals surface area contributed by atoms with Gasteiger partial charge >= 0.3 is 0 Å². The summed E-state index contributed by atoms with van der Waals surface area (Å²) >= 11 is 1.64. The highest BCUT2D eigenvalue weighted by molar-refractivity contribution is 7.91. The standard InChI is InChI=1S/C15H24N2O3S2/c1-9(2)14-16-10(3)13(21-14)11(4)17(5)15(18)12-6-7-22(19,20)8-12/h9,11-12H,6-8H2,1-5H3/t11-,12+/m0/s1. The third-order valence-corrected chi connectivity index (χ3v) is 7.63. The van der Waals surface area contributed by atoms with Crippen molar-refractivity contribution >= 4 is 27.1 Å². The molecule has 0 aromatic carbocycles. The summed E-state index contributed by atoms with van der Waals surface area (Å²) in [6.45, 7) is 8.15. The van der Waals surface area contributed by atoms with Crippen LogP contribution in [0.25, 0.3) is 0 Å². The lowest BCUT2D eigenvalue weighted by Gasteiger charge is -2.26. The number of aryl methyl sites for hydroxylation is 1. The van der Waals surface area contributed by atoms with E-state index < -0.39 is 15.8 Å². The summed E-state index contributed by atoms with van der Waals surface area (Å²) in [6, 6.07) is -0.0826. The van der Waals surface area contributed by atoms with Gasteiger partial charge in [-0.25, -0.2) is 13.4 Å². The molecule has 5 nitrogen and oxygen atoms in total. The highest BCUT2D eigenvalue weighted by Gasteiger charge is 2.36. The molecular weight excluding hydrogens is 320 g/mol. The quantitative estimate of drug-likeness (QED) is 0.842. The summed E-state index contributed by atoms with van der Waals surface area (Å²) in [4.78, 5) is 19.9. The fourth-order valence-corrected chi connectivity index (χ4v) is 5.61. The van der Waals surface area contributed by atoms with E-state index in [1.807, 2.05) is 13.8 Å². The minimum Gasteiger partial charge on any atom is -0.338 e. The summed E-state index contributed by atoms with van der Waals surface area (Å²) in [5, 5.41) is 1.07. The first-order valence-electron chi connectivity index (χ1n) is 7.56. The molecule has 0 N–H and O–H groups in total. The minimum atomic E-state index is -3.04. The van der Waals surface area contributed by atoms with E-state index in [1.54, 1.807) is 23.3 Å². The lowest BCUT2D eigenvalue weighted by Crippen LogP contribution is -2.35. The van der Waals surface area contributed by atoms with Crippen molar-refractivity contribution in [3.63, 3.8) is 0 Å². The zero-order chi connectivity index (χ0) is 16.7. The van der Waals surface area contributed by atoms with Crippen molar-refractivity contribution in [1.29, 1.82) is 0 Å². The number of nitrogens with zero attached hydrogens (tertiary/aromatic N) is 2. The zero-order valence-electron chi connectivity index (χ0n) is 13.8. The summed E-state index contributed by atoms with van der Waals surface area (Å²) in [5.74, 6) is 0.0122. The van der Waals surface area contributed by atoms with Gasteiger partial charge < -0.3 is 4.90 Å². The van der Waals surface area contributed by atoms with Gasteiger partial charge in [-0.05, 0) is 20.3 Å². The van der Waals surface area contributed by atoms with Gasteiger partial charge in [-0.1, -0.05) is 13.8 Å². The molecule has 0 aliphatic carbocycles. The molecule has 1 aliphatic heterocycles. The molecule has 1 aliphatic rings. The van der Waals surface area contributed by atoms with Crippen LogP contribution in [-0.4, -0.2) is 42.8 Å². The molecule has 0 radical (unpaired) electrons. The topological polar surface area (TPSA) is 67.3 Å². The van der Waals surface area contributed by atoms with E-state index in [-0.39, 0.29) is 23.5 Å². The number of carbonyl (C=O) groups is 1. The molecule has 1 aromatic heterocycles. The molecule has 2 atom stereocenters. The Bertz CT molecular complexity index is 664. The SMILES string of the molecule is Cc1nc(C(C)C)sc1[C@H](C)N(C)C(=O)[C@@H]1CCS(=O)(=O)C1. The molecule has 0 saturated carbocycles. The molecule has 0 bridgehead atoms. The molecule has 1 saturated heterocycles. The first-order chi connectivity index (χ1) is 10.1. The van der Waals surface area contributed by atoms with Crippen molar-refractivity contribution in [2.75, 3.05) is 18.6 Å². The van der Waals surface area contributed by atoms with Crippen molar-refractivity contribution in [2.45, 2.75) is 46.1 Å². The van der Waals surface area contributed by atoms with Gasteiger partial charge in [0.15, 0.2) is 9.84 Å². The fourth-order valence-electron chi connectivity index (χ4n) is 2.71. The Kier molecular flexibility index (Phi) is 4.96. The maximum absolute atomic E-state index is 12.5. The summed E-state index contributed by atoms with van der Waals surface area (Å²) in [5.41, 5.74) is 0.958. The number of carbonyl (C=O) groups excluding carboxylic acids is 1. The van der Waals surface area contributed by atoms with E-state index in [2.05, 4.69) is 18.8 Å². The average molecular weight is 345 g/mol. The van der Waals surface area contributed by atoms with Crippen LogP contribution >= 0.6 is 11.3 Å². The maximum Gasteiger partial charge on any atom is 0.227 e. The number of amides is 1. The van der Waals surface area contributed by atoms with E-state index in [0.717, 1.165) is 15.6 Å². The summed E-state index contributed by atoms with van der Waals surface area (Å²) in [6.07, 6.45) is 0.442. The molecule has 2 heterocycles. The average Bonchev–Trinajstić information content (AvgIpc) is 2.99. The lowest BCUT2D eigenvalue weighted by atomic mass is 10.1. The molecule has 0 unspecified atom stereocenters. The first kappa shape index (κ1) is 17.4. The van der Waals surface area contributed by atoms with Crippen molar-refractivity contribution in [1.82, 2.24) is 9.88 Å². The Morgan fingerprint density at radius 2 is 2.00 bits per heavy atom. The van der Waals surface area contributed by atoms with Crippen LogP contribution in [0.5, 0.6) is 0 Å². The Morgan fingerprint density at radius 3 is 2.45 bits per heavy atom. The first-order valence-corrected chi connectivity index (χ1v) is 10.2. The van der Waals surface area contributed by atoms with Gasteiger partial charge in [-0.3, -0.25) is 4.79 Å². The molecule has 0 spiro atoms. The second-order valence-corrected chi connectivity index (χ2v) is 9.67. The van der Waals surface area contributed by atoms with Crippen molar-refractivity contribution in [3.05, 3.63) is 15.6 Å². The third-order valence-electron chi connectivity index (χ3n) is 4.23. The zero-order valence-corrected chi connectivity index (χ0v) is 15.4. The van der Waals surface area contributed by atoms with Crippen LogP contribution < -0.4 is 0 Å². The van der Waals surface area contributed by atoms with Crippen molar-refractivity contribution in [3.8, 4) is 0 Å². The summed E-state index contributed by atoms with van der Waals surface area (Å²) in [7, 11) is -1.28. The van der Waals surface area contributed by atoms with Crippen LogP contribution in [0.3, 0.4) is 0 Å². The van der Waals surface area contributed by atoms with Gasteiger partial charge in [0.25, 0.3) is 0 Å². The van der Waals surface area contributed by atoms with Crippen LogP contribution in [0.2, 0.25) is 0 Å². The van der Waals surface area contributed by atoms with Crippen LogP contribution in [0.15, 0.2) is 0 Å². The molecule has 1 amide bonds. The fraction of sp³-hybridized carbons (Fsp3) is 0.733. The van der Waals surface area contributed by atoms with Gasteiger partial charge in [0, 0.05) is 17.8 Å². The predicted molar refractivity (Wildman–Crippen MR) is 88.9 cm³/mol. The van der Waals surface area contributed by atoms with E-state index in [0.29, 0.717) is 12.3 Å². The van der Waals surface area contributed by atoms with E-state index in [1.165, 1.54) is 0 Å². The number of rotatable bonds is 4. The molecule has 1 aromatic rings. The molecule has 22 heavy (non-hydrogen) atoms. The maximum atomic E-state index is 12.5. The molecule has 7 heteroatoms. The van der Waals surface area contributed by atoms with Gasteiger partial charge in [-0.15, -0.1) is 11.3 Å². The highest BCUT2D eigenvalue weighted by atomic mass is 32.2. The number of aromatic nitrogens is 1. The van der Waals surface area contributed by atoms with E-state index in [4.69, 9.17) is 0 Å². The van der Waals surface area contributed by atoms with Gasteiger partial charge in [0.1, 0.15) is 0 Å². The third kappa shape index (κ3) is 3.51. The lowest BCUT2D eigenvalue weighted by molar-refractivity contribution is -0.135. The second kappa shape index (κ2) is 6.28. The normalized spacial score (nSPS) is 22.0. The Balaban J connectivity index is 2.15. The smallest absolute Gasteiger partial charge is 0.227 e. The number of sulfone groups is 1. The minimum absolute atomic E-state index is 0.0121. The van der Waals surface area contributed by atoms with Crippen LogP contribution in [0.4, 0.5) is 0 Å².